The molecule has 3 N–H and O–H groups in total. The Bertz CT molecular complexity index is 2080. The zero-order valence-electron chi connectivity index (χ0n) is 28.9. The minimum absolute atomic E-state index is 0.162. The number of aromatic hydroxyl groups is 2. The van der Waals surface area contributed by atoms with Crippen molar-refractivity contribution in [3.63, 3.8) is 0 Å². The van der Waals surface area contributed by atoms with Gasteiger partial charge in [-0.25, -0.2) is 0 Å². The summed E-state index contributed by atoms with van der Waals surface area (Å²) in [6.45, 7) is 13.8. The molecule has 0 amide bonds. The number of nitrogens with zero attached hydrogens (tertiary/aromatic N) is 1. The van der Waals surface area contributed by atoms with Gasteiger partial charge in [0.1, 0.15) is 11.5 Å². The van der Waals surface area contributed by atoms with Crippen LogP contribution < -0.4 is 20.7 Å². The summed E-state index contributed by atoms with van der Waals surface area (Å²) in [5, 5.41) is 31.3. The quantitative estimate of drug-likeness (QED) is 0.169. The van der Waals surface area contributed by atoms with Crippen LogP contribution in [-0.4, -0.2) is 17.3 Å². The van der Waals surface area contributed by atoms with Gasteiger partial charge in [0.2, 0.25) is 0 Å². The van der Waals surface area contributed by atoms with Crippen LogP contribution in [0.3, 0.4) is 0 Å². The third-order valence-corrected chi connectivity index (χ3v) is 9.46. The molecule has 0 atom stereocenters. The zero-order chi connectivity index (χ0) is 33.5. The van der Waals surface area contributed by atoms with Gasteiger partial charge in [-0.2, -0.15) is 0 Å². The Morgan fingerprint density at radius 2 is 1.30 bits per heavy atom. The first-order valence-electron chi connectivity index (χ1n) is 16.8. The molecule has 4 heteroatoms. The van der Waals surface area contributed by atoms with Gasteiger partial charge < -0.3 is 20.4 Å². The normalized spacial score (nSPS) is 13.1. The minimum Gasteiger partial charge on any atom is -0.507 e. The largest absolute Gasteiger partial charge is 0.507 e. The van der Waals surface area contributed by atoms with E-state index in [1.807, 2.05) is 30.3 Å². The summed E-state index contributed by atoms with van der Waals surface area (Å²) in [6.07, 6.45) is 6.74. The van der Waals surface area contributed by atoms with Crippen LogP contribution in [0, 0.1) is 0 Å². The highest BCUT2D eigenvalue weighted by atomic mass is 16.3. The lowest BCUT2D eigenvalue weighted by molar-refractivity contribution is 0.439. The number of hydrogen-bond donors (Lipinski definition) is 3. The molecule has 5 aromatic rings. The van der Waals surface area contributed by atoms with Crippen molar-refractivity contribution in [2.75, 3.05) is 17.3 Å². The summed E-state index contributed by atoms with van der Waals surface area (Å²) >= 11 is 0. The van der Waals surface area contributed by atoms with E-state index in [0.717, 1.165) is 52.0 Å². The van der Waals surface area contributed by atoms with Crippen LogP contribution in [0.25, 0.3) is 34.1 Å². The topological polar surface area (TPSA) is 55.7 Å². The van der Waals surface area contributed by atoms with E-state index in [2.05, 4.69) is 126 Å². The molecule has 0 saturated heterocycles. The molecule has 5 aromatic carbocycles. The van der Waals surface area contributed by atoms with E-state index in [4.69, 9.17) is 0 Å². The molecule has 47 heavy (non-hydrogen) atoms. The molecule has 0 fully saturated rings. The fourth-order valence-electron chi connectivity index (χ4n) is 6.95. The molecule has 0 radical (unpaired) electrons. The van der Waals surface area contributed by atoms with Crippen molar-refractivity contribution in [2.45, 2.75) is 78.3 Å². The van der Waals surface area contributed by atoms with Gasteiger partial charge in [0.25, 0.3) is 0 Å². The molecule has 0 aliphatic heterocycles. The summed E-state index contributed by atoms with van der Waals surface area (Å²) in [6, 6.07) is 29.6. The van der Waals surface area contributed by atoms with Crippen molar-refractivity contribution in [3.8, 4) is 22.6 Å². The van der Waals surface area contributed by atoms with Crippen molar-refractivity contribution >= 4 is 34.3 Å². The van der Waals surface area contributed by atoms with Crippen LogP contribution in [-0.2, 0) is 23.9 Å². The highest BCUT2D eigenvalue weighted by Crippen LogP contribution is 2.41. The van der Waals surface area contributed by atoms with Gasteiger partial charge in [0.05, 0.1) is 0 Å². The Labute approximate surface area is 279 Å². The van der Waals surface area contributed by atoms with Crippen molar-refractivity contribution in [1.29, 1.82) is 0 Å². The van der Waals surface area contributed by atoms with E-state index >= 15 is 0 Å². The fraction of sp³-hybridized carbons (Fsp3) is 0.302. The van der Waals surface area contributed by atoms with Gasteiger partial charge in [0.15, 0.2) is 0 Å². The Balaban J connectivity index is 1.52. The first-order valence-corrected chi connectivity index (χ1v) is 16.8. The number of nitrogens with one attached hydrogen (secondary N) is 1. The molecule has 4 nitrogen and oxygen atoms in total. The number of anilines is 2. The molecule has 242 valence electrons. The minimum atomic E-state index is -0.163. The second kappa shape index (κ2) is 12.5. The second-order valence-corrected chi connectivity index (χ2v) is 15.0. The number of rotatable bonds is 7. The standard InChI is InChI=1S/C43H48N2O2/c1-42(2,3)34-20-12-16-30(40(34)46)26-44-36-24-22-28-14-8-10-18-32(28)38(36)39-33-19-11-9-15-29(33)23-25-37(39)45(7)27-31-17-13-21-35(41(31)47)43(4,5)6/h8,10,12-25,44,46-47H,9,11,26-27H2,1-7H3. The van der Waals surface area contributed by atoms with E-state index in [-0.39, 0.29) is 10.8 Å². The molecule has 0 aromatic heterocycles. The molecule has 0 spiro atoms. The average Bonchev–Trinajstić information content (AvgIpc) is 3.03. The molecule has 1 aliphatic rings. The third kappa shape index (κ3) is 6.34. The number of phenolic OH excluding ortho intramolecular Hbond substituents is 2. The van der Waals surface area contributed by atoms with E-state index in [1.165, 1.54) is 26.8 Å². The van der Waals surface area contributed by atoms with Crippen LogP contribution in [0.2, 0.25) is 0 Å². The molecular formula is C43H48N2O2. The van der Waals surface area contributed by atoms with Crippen LogP contribution in [0.15, 0.2) is 84.9 Å². The summed E-state index contributed by atoms with van der Waals surface area (Å²) in [7, 11) is 2.12. The van der Waals surface area contributed by atoms with Gasteiger partial charge in [-0.1, -0.05) is 126 Å². The second-order valence-electron chi connectivity index (χ2n) is 15.0. The third-order valence-electron chi connectivity index (χ3n) is 9.46. The SMILES string of the molecule is CN(Cc1cccc(C(C)(C)C)c1O)c1ccc2c(c1-c1c(NCc3cccc(C(C)(C)C)c3O)ccc3ccccc13)=CCCC=2. The van der Waals surface area contributed by atoms with Crippen LogP contribution in [0.4, 0.5) is 11.4 Å². The van der Waals surface area contributed by atoms with Gasteiger partial charge in [0, 0.05) is 53.8 Å². The molecule has 1 aliphatic carbocycles. The highest BCUT2D eigenvalue weighted by Gasteiger charge is 2.24. The van der Waals surface area contributed by atoms with E-state index < -0.39 is 0 Å². The number of fused-ring (bicyclic) bond motifs is 2. The molecule has 0 heterocycles. The fourth-order valence-corrected chi connectivity index (χ4v) is 6.95. The van der Waals surface area contributed by atoms with Crippen molar-refractivity contribution < 1.29 is 10.2 Å². The van der Waals surface area contributed by atoms with E-state index in [1.54, 1.807) is 0 Å². The molecule has 0 bridgehead atoms. The van der Waals surface area contributed by atoms with Gasteiger partial charge in [-0.15, -0.1) is 0 Å². The highest BCUT2D eigenvalue weighted by molar-refractivity contribution is 6.05. The predicted molar refractivity (Wildman–Crippen MR) is 200 cm³/mol. The molecule has 0 saturated carbocycles. The van der Waals surface area contributed by atoms with Gasteiger partial charge in [-0.3, -0.25) is 0 Å². The predicted octanol–water partition coefficient (Wildman–Crippen LogP) is 9.12. The number of hydrogen-bond acceptors (Lipinski definition) is 4. The summed E-state index contributed by atoms with van der Waals surface area (Å²) in [4.78, 5) is 2.27. The van der Waals surface area contributed by atoms with E-state index in [0.29, 0.717) is 24.6 Å². The Hall–Kier alpha value is -4.70. The molecular weight excluding hydrogens is 576 g/mol. The van der Waals surface area contributed by atoms with Crippen molar-refractivity contribution in [3.05, 3.63) is 118 Å². The molecule has 0 unspecified atom stereocenters. The lowest BCUT2D eigenvalue weighted by Crippen LogP contribution is -2.31. The van der Waals surface area contributed by atoms with Crippen LogP contribution >= 0.6 is 0 Å². The summed E-state index contributed by atoms with van der Waals surface area (Å²) in [5.41, 5.74) is 7.80. The number of para-hydroxylation sites is 2. The zero-order valence-corrected chi connectivity index (χ0v) is 28.9. The molecule has 6 rings (SSSR count). The van der Waals surface area contributed by atoms with Gasteiger partial charge >= 0.3 is 0 Å². The maximum Gasteiger partial charge on any atom is 0.124 e. The first kappa shape index (κ1) is 32.2. The van der Waals surface area contributed by atoms with Crippen molar-refractivity contribution in [2.24, 2.45) is 0 Å². The summed E-state index contributed by atoms with van der Waals surface area (Å²) in [5.74, 6) is 0.726. The maximum absolute atomic E-state index is 11.4. The lowest BCUT2D eigenvalue weighted by Gasteiger charge is -2.28. The van der Waals surface area contributed by atoms with Crippen molar-refractivity contribution in [1.82, 2.24) is 0 Å². The van der Waals surface area contributed by atoms with E-state index in [9.17, 15) is 10.2 Å². The average molecular weight is 625 g/mol. The lowest BCUT2D eigenvalue weighted by atomic mass is 9.85. The van der Waals surface area contributed by atoms with Crippen LogP contribution in [0.5, 0.6) is 11.5 Å². The van der Waals surface area contributed by atoms with Crippen LogP contribution in [0.1, 0.15) is 76.6 Å². The number of benzene rings is 5. The van der Waals surface area contributed by atoms with Gasteiger partial charge in [-0.05, 0) is 68.1 Å². The smallest absolute Gasteiger partial charge is 0.124 e. The monoisotopic (exact) mass is 624 g/mol. The Morgan fingerprint density at radius 1 is 0.660 bits per heavy atom. The first-order chi connectivity index (χ1) is 22.3. The maximum atomic E-state index is 11.4. The number of phenols is 2. The summed E-state index contributed by atoms with van der Waals surface area (Å²) < 4.78 is 0. The Morgan fingerprint density at radius 3 is 2.00 bits per heavy atom. The Kier molecular flexibility index (Phi) is 8.57.